The maximum absolute atomic E-state index is 6.01. The molecule has 0 amide bonds. The molecule has 0 aromatic heterocycles. The van der Waals surface area contributed by atoms with Gasteiger partial charge in [0, 0.05) is 0 Å². The zero-order valence-corrected chi connectivity index (χ0v) is 12.9. The summed E-state index contributed by atoms with van der Waals surface area (Å²) >= 11 is 0. The molecule has 2 aromatic carbocycles. The Hall–Kier alpha value is -1.76. The van der Waals surface area contributed by atoms with Gasteiger partial charge in [-0.15, -0.1) is 0 Å². The first-order valence-corrected chi connectivity index (χ1v) is 7.28. The number of rotatable bonds is 4. The van der Waals surface area contributed by atoms with Gasteiger partial charge in [-0.1, -0.05) is 58.4 Å². The van der Waals surface area contributed by atoms with Crippen molar-refractivity contribution in [3.63, 3.8) is 0 Å². The quantitative estimate of drug-likeness (QED) is 0.707. The second kappa shape index (κ2) is 6.13. The minimum absolute atomic E-state index is 0.169. The van der Waals surface area contributed by atoms with Gasteiger partial charge in [-0.25, -0.2) is 0 Å². The zero-order chi connectivity index (χ0) is 14.6. The van der Waals surface area contributed by atoms with Gasteiger partial charge >= 0.3 is 0 Å². The maximum atomic E-state index is 6.01. The Morgan fingerprint density at radius 2 is 1.75 bits per heavy atom. The molecular weight excluding hydrogens is 244 g/mol. The van der Waals surface area contributed by atoms with Crippen LogP contribution in [0.4, 0.5) is 0 Å². The number of ether oxygens (including phenoxy) is 1. The van der Waals surface area contributed by atoms with E-state index in [1.807, 2.05) is 24.3 Å². The zero-order valence-electron chi connectivity index (χ0n) is 12.9. The van der Waals surface area contributed by atoms with E-state index in [1.165, 1.54) is 11.1 Å². The number of benzene rings is 2. The predicted molar refractivity (Wildman–Crippen MR) is 84.5 cm³/mol. The summed E-state index contributed by atoms with van der Waals surface area (Å²) in [6.07, 6.45) is 2.16. The lowest BCUT2D eigenvalue weighted by Gasteiger charge is -2.21. The Balaban J connectivity index is 2.33. The third-order valence-electron chi connectivity index (χ3n) is 3.36. The van der Waals surface area contributed by atoms with Crippen LogP contribution in [-0.4, -0.2) is 0 Å². The van der Waals surface area contributed by atoms with Gasteiger partial charge in [-0.3, -0.25) is 0 Å². The second-order valence-corrected chi connectivity index (χ2v) is 6.16. The average molecular weight is 267 g/mol. The molecule has 0 fully saturated rings. The Kier molecular flexibility index (Phi) is 4.49. The minimum Gasteiger partial charge on any atom is -0.457 e. The second-order valence-electron chi connectivity index (χ2n) is 6.16. The standard InChI is InChI=1S/C19H23O/c1-5-9-15-14-16(19(2,3)4)12-13-18(15)20-17-10-7-6-8-11-17/h7-8,10-14H,5,9H2,1-4H3. The molecule has 1 radical (unpaired) electrons. The highest BCUT2D eigenvalue weighted by molar-refractivity contribution is 5.42. The minimum atomic E-state index is 0.169. The summed E-state index contributed by atoms with van der Waals surface area (Å²) in [7, 11) is 0. The van der Waals surface area contributed by atoms with E-state index < -0.39 is 0 Å². The van der Waals surface area contributed by atoms with E-state index in [2.05, 4.69) is 52.0 Å². The highest BCUT2D eigenvalue weighted by Crippen LogP contribution is 2.31. The lowest BCUT2D eigenvalue weighted by molar-refractivity contribution is 0.474. The van der Waals surface area contributed by atoms with Crippen molar-refractivity contribution in [1.29, 1.82) is 0 Å². The molecule has 0 aliphatic heterocycles. The Labute approximate surface area is 122 Å². The van der Waals surface area contributed by atoms with Crippen LogP contribution >= 0.6 is 0 Å². The van der Waals surface area contributed by atoms with Gasteiger partial charge < -0.3 is 4.74 Å². The van der Waals surface area contributed by atoms with Crippen molar-refractivity contribution >= 4 is 0 Å². The smallest absolute Gasteiger partial charge is 0.130 e. The molecule has 0 saturated carbocycles. The summed E-state index contributed by atoms with van der Waals surface area (Å²) < 4.78 is 6.01. The van der Waals surface area contributed by atoms with Crippen LogP contribution in [0.1, 0.15) is 45.2 Å². The first-order valence-electron chi connectivity index (χ1n) is 7.28. The van der Waals surface area contributed by atoms with E-state index in [1.54, 1.807) is 0 Å². The van der Waals surface area contributed by atoms with Crippen LogP contribution in [-0.2, 0) is 11.8 Å². The lowest BCUT2D eigenvalue weighted by Crippen LogP contribution is -2.11. The number of hydrogen-bond donors (Lipinski definition) is 0. The fourth-order valence-electron chi connectivity index (χ4n) is 2.18. The van der Waals surface area contributed by atoms with E-state index >= 15 is 0 Å². The first kappa shape index (κ1) is 14.6. The summed E-state index contributed by atoms with van der Waals surface area (Å²) in [6, 6.07) is 17.2. The van der Waals surface area contributed by atoms with E-state index in [9.17, 15) is 0 Å². The molecule has 0 aliphatic rings. The highest BCUT2D eigenvalue weighted by Gasteiger charge is 2.16. The SMILES string of the molecule is CCCc1cc(C(C)(C)C)ccc1Oc1cc[c]cc1. The van der Waals surface area contributed by atoms with Crippen molar-refractivity contribution < 1.29 is 4.74 Å². The number of hydrogen-bond acceptors (Lipinski definition) is 1. The van der Waals surface area contributed by atoms with Crippen LogP contribution in [0.2, 0.25) is 0 Å². The molecule has 0 heterocycles. The Morgan fingerprint density at radius 3 is 2.35 bits per heavy atom. The summed E-state index contributed by atoms with van der Waals surface area (Å²) in [5.74, 6) is 1.83. The van der Waals surface area contributed by atoms with Gasteiger partial charge in [0.2, 0.25) is 0 Å². The van der Waals surface area contributed by atoms with E-state index in [-0.39, 0.29) is 5.41 Å². The maximum Gasteiger partial charge on any atom is 0.130 e. The molecule has 0 saturated heterocycles. The topological polar surface area (TPSA) is 9.23 Å². The van der Waals surface area contributed by atoms with Gasteiger partial charge in [-0.05, 0) is 47.2 Å². The Morgan fingerprint density at radius 1 is 1.05 bits per heavy atom. The molecule has 0 aliphatic carbocycles. The predicted octanol–water partition coefficient (Wildman–Crippen LogP) is 5.53. The van der Waals surface area contributed by atoms with E-state index in [0.717, 1.165) is 24.3 Å². The fourth-order valence-corrected chi connectivity index (χ4v) is 2.18. The molecule has 0 atom stereocenters. The average Bonchev–Trinajstić information content (AvgIpc) is 2.41. The van der Waals surface area contributed by atoms with Crippen LogP contribution in [0.15, 0.2) is 42.5 Å². The van der Waals surface area contributed by atoms with Crippen molar-refractivity contribution in [2.24, 2.45) is 0 Å². The molecule has 0 unspecified atom stereocenters. The van der Waals surface area contributed by atoms with Gasteiger partial charge in [0.05, 0.1) is 0 Å². The third kappa shape index (κ3) is 3.63. The normalized spacial score (nSPS) is 11.4. The molecule has 0 spiro atoms. The molecule has 105 valence electrons. The number of aryl methyl sites for hydroxylation is 1. The van der Waals surface area contributed by atoms with Gasteiger partial charge in [0.1, 0.15) is 11.5 Å². The fraction of sp³-hybridized carbons (Fsp3) is 0.368. The molecule has 20 heavy (non-hydrogen) atoms. The summed E-state index contributed by atoms with van der Waals surface area (Å²) in [5.41, 5.74) is 2.81. The largest absolute Gasteiger partial charge is 0.457 e. The monoisotopic (exact) mass is 267 g/mol. The van der Waals surface area contributed by atoms with Crippen molar-refractivity contribution in [3.05, 3.63) is 59.7 Å². The third-order valence-corrected chi connectivity index (χ3v) is 3.36. The molecular formula is C19H23O. The van der Waals surface area contributed by atoms with Crippen LogP contribution in [0.3, 0.4) is 0 Å². The summed E-state index contributed by atoms with van der Waals surface area (Å²) in [6.45, 7) is 8.92. The van der Waals surface area contributed by atoms with Crippen LogP contribution in [0.5, 0.6) is 11.5 Å². The molecule has 0 N–H and O–H groups in total. The van der Waals surface area contributed by atoms with Gasteiger partial charge in [0.25, 0.3) is 0 Å². The lowest BCUT2D eigenvalue weighted by atomic mass is 9.85. The van der Waals surface area contributed by atoms with Crippen molar-refractivity contribution in [2.75, 3.05) is 0 Å². The molecule has 2 aromatic rings. The van der Waals surface area contributed by atoms with Gasteiger partial charge in [0.15, 0.2) is 0 Å². The molecule has 1 heteroatoms. The van der Waals surface area contributed by atoms with Crippen molar-refractivity contribution in [2.45, 2.75) is 46.0 Å². The molecule has 2 rings (SSSR count). The van der Waals surface area contributed by atoms with Crippen molar-refractivity contribution in [3.8, 4) is 11.5 Å². The molecule has 1 nitrogen and oxygen atoms in total. The molecule has 0 bridgehead atoms. The van der Waals surface area contributed by atoms with Crippen LogP contribution in [0.25, 0.3) is 0 Å². The first-order chi connectivity index (χ1) is 9.50. The summed E-state index contributed by atoms with van der Waals surface area (Å²) in [4.78, 5) is 0. The van der Waals surface area contributed by atoms with Crippen molar-refractivity contribution in [1.82, 2.24) is 0 Å². The van der Waals surface area contributed by atoms with Crippen LogP contribution < -0.4 is 4.74 Å². The van der Waals surface area contributed by atoms with E-state index in [0.29, 0.717) is 0 Å². The summed E-state index contributed by atoms with van der Waals surface area (Å²) in [5, 5.41) is 0. The highest BCUT2D eigenvalue weighted by atomic mass is 16.5. The van der Waals surface area contributed by atoms with Crippen LogP contribution in [0, 0.1) is 6.07 Å². The van der Waals surface area contributed by atoms with Gasteiger partial charge in [-0.2, -0.15) is 0 Å². The van der Waals surface area contributed by atoms with E-state index in [4.69, 9.17) is 4.74 Å². The Bertz CT molecular complexity index is 550.